The minimum absolute atomic E-state index is 0.155. The molecule has 1 fully saturated rings. The van der Waals surface area contributed by atoms with E-state index >= 15 is 0 Å². The first-order valence-electron chi connectivity index (χ1n) is 7.10. The van der Waals surface area contributed by atoms with Gasteiger partial charge in [-0.15, -0.1) is 11.6 Å². The molecule has 1 amide bonds. The van der Waals surface area contributed by atoms with E-state index in [4.69, 9.17) is 11.6 Å². The fourth-order valence-electron chi connectivity index (χ4n) is 2.70. The van der Waals surface area contributed by atoms with Gasteiger partial charge in [0.15, 0.2) is 0 Å². The van der Waals surface area contributed by atoms with Crippen molar-refractivity contribution in [2.45, 2.75) is 45.1 Å². The molecule has 104 valence electrons. The molecule has 1 N–H and O–H groups in total. The van der Waals surface area contributed by atoms with Crippen LogP contribution >= 0.6 is 11.6 Å². The molecule has 0 spiro atoms. The SMILES string of the molecule is Cc1ccc(CCC(=O)NC2CCCC2CCl)cc1. The summed E-state index contributed by atoms with van der Waals surface area (Å²) in [5.74, 6) is 1.27. The average Bonchev–Trinajstić information content (AvgIpc) is 2.85. The monoisotopic (exact) mass is 279 g/mol. The van der Waals surface area contributed by atoms with E-state index in [1.165, 1.54) is 17.5 Å². The lowest BCUT2D eigenvalue weighted by molar-refractivity contribution is -0.121. The molecule has 2 unspecified atom stereocenters. The van der Waals surface area contributed by atoms with Gasteiger partial charge in [-0.25, -0.2) is 0 Å². The van der Waals surface area contributed by atoms with Gasteiger partial charge in [0, 0.05) is 18.3 Å². The normalized spacial score (nSPS) is 22.4. The Morgan fingerprint density at radius 3 is 2.74 bits per heavy atom. The van der Waals surface area contributed by atoms with E-state index < -0.39 is 0 Å². The Bertz CT molecular complexity index is 415. The summed E-state index contributed by atoms with van der Waals surface area (Å²) >= 11 is 5.92. The van der Waals surface area contributed by atoms with Crippen LogP contribution in [0.4, 0.5) is 0 Å². The van der Waals surface area contributed by atoms with E-state index in [1.807, 2.05) is 0 Å². The lowest BCUT2D eigenvalue weighted by Gasteiger charge is -2.18. The summed E-state index contributed by atoms with van der Waals surface area (Å²) in [5, 5.41) is 3.14. The first kappa shape index (κ1) is 14.4. The molecule has 0 aliphatic heterocycles. The first-order valence-corrected chi connectivity index (χ1v) is 7.63. The summed E-state index contributed by atoms with van der Waals surface area (Å²) in [6, 6.07) is 8.67. The molecular weight excluding hydrogens is 258 g/mol. The summed E-state index contributed by atoms with van der Waals surface area (Å²) in [7, 11) is 0. The van der Waals surface area contributed by atoms with E-state index in [0.717, 1.165) is 19.3 Å². The maximum atomic E-state index is 11.9. The fraction of sp³-hybridized carbons (Fsp3) is 0.562. The molecular formula is C16H22ClNO. The summed E-state index contributed by atoms with van der Waals surface area (Å²) in [6.07, 6.45) is 4.78. The van der Waals surface area contributed by atoms with Crippen LogP contribution in [0.3, 0.4) is 0 Å². The predicted octanol–water partition coefficient (Wildman–Crippen LogP) is 3.45. The number of carbonyl (C=O) groups is 1. The number of aryl methyl sites for hydroxylation is 2. The molecule has 0 aromatic heterocycles. The van der Waals surface area contributed by atoms with Crippen LogP contribution in [0.15, 0.2) is 24.3 Å². The molecule has 1 saturated carbocycles. The quantitative estimate of drug-likeness (QED) is 0.822. The highest BCUT2D eigenvalue weighted by Crippen LogP contribution is 2.26. The van der Waals surface area contributed by atoms with Crippen LogP contribution in [0.1, 0.15) is 36.8 Å². The molecule has 1 aromatic carbocycles. The number of hydrogen-bond acceptors (Lipinski definition) is 1. The second kappa shape index (κ2) is 6.95. The standard InChI is InChI=1S/C16H22ClNO/c1-12-5-7-13(8-6-12)9-10-16(19)18-15-4-2-3-14(15)11-17/h5-8,14-15H,2-4,9-11H2,1H3,(H,18,19). The van der Waals surface area contributed by atoms with Crippen LogP contribution < -0.4 is 5.32 Å². The van der Waals surface area contributed by atoms with Crippen molar-refractivity contribution >= 4 is 17.5 Å². The van der Waals surface area contributed by atoms with Crippen LogP contribution in [0.2, 0.25) is 0 Å². The molecule has 1 aromatic rings. The van der Waals surface area contributed by atoms with Crippen molar-refractivity contribution in [1.82, 2.24) is 5.32 Å². The summed E-state index contributed by atoms with van der Waals surface area (Å²) < 4.78 is 0. The minimum atomic E-state index is 0.155. The Labute approximate surface area is 120 Å². The lowest BCUT2D eigenvalue weighted by Crippen LogP contribution is -2.38. The fourth-order valence-corrected chi connectivity index (χ4v) is 3.07. The van der Waals surface area contributed by atoms with Gasteiger partial charge in [-0.1, -0.05) is 36.2 Å². The second-order valence-corrected chi connectivity index (χ2v) is 5.81. The molecule has 2 atom stereocenters. The molecule has 0 radical (unpaired) electrons. The summed E-state index contributed by atoms with van der Waals surface area (Å²) in [4.78, 5) is 11.9. The maximum absolute atomic E-state index is 11.9. The van der Waals surface area contributed by atoms with Crippen LogP contribution in [-0.4, -0.2) is 17.8 Å². The lowest BCUT2D eigenvalue weighted by atomic mass is 10.0. The van der Waals surface area contributed by atoms with Crippen molar-refractivity contribution in [2.24, 2.45) is 5.92 Å². The molecule has 1 aliphatic carbocycles. The number of rotatable bonds is 5. The number of amides is 1. The largest absolute Gasteiger partial charge is 0.353 e. The number of alkyl halides is 1. The zero-order valence-corrected chi connectivity index (χ0v) is 12.2. The third-order valence-corrected chi connectivity index (χ3v) is 4.36. The van der Waals surface area contributed by atoms with Crippen LogP contribution in [0.5, 0.6) is 0 Å². The maximum Gasteiger partial charge on any atom is 0.220 e. The number of carbonyl (C=O) groups excluding carboxylic acids is 1. The number of nitrogens with one attached hydrogen (secondary N) is 1. The highest BCUT2D eigenvalue weighted by atomic mass is 35.5. The Kier molecular flexibility index (Phi) is 5.26. The van der Waals surface area contributed by atoms with Gasteiger partial charge in [-0.3, -0.25) is 4.79 Å². The number of hydrogen-bond donors (Lipinski definition) is 1. The van der Waals surface area contributed by atoms with Crippen molar-refractivity contribution < 1.29 is 4.79 Å². The molecule has 0 bridgehead atoms. The van der Waals surface area contributed by atoms with Gasteiger partial charge in [-0.2, -0.15) is 0 Å². The molecule has 2 rings (SSSR count). The number of benzene rings is 1. The highest BCUT2D eigenvalue weighted by Gasteiger charge is 2.27. The molecule has 19 heavy (non-hydrogen) atoms. The van der Waals surface area contributed by atoms with Crippen LogP contribution in [0.25, 0.3) is 0 Å². The van der Waals surface area contributed by atoms with E-state index in [2.05, 4.69) is 36.5 Å². The van der Waals surface area contributed by atoms with Crippen molar-refractivity contribution in [3.8, 4) is 0 Å². The van der Waals surface area contributed by atoms with Gasteiger partial charge in [0.05, 0.1) is 0 Å². The van der Waals surface area contributed by atoms with Gasteiger partial charge in [0.2, 0.25) is 5.91 Å². The zero-order chi connectivity index (χ0) is 13.7. The summed E-state index contributed by atoms with van der Waals surface area (Å²) in [6.45, 7) is 2.07. The van der Waals surface area contributed by atoms with Crippen molar-refractivity contribution in [2.75, 3.05) is 5.88 Å². The second-order valence-electron chi connectivity index (χ2n) is 5.50. The van der Waals surface area contributed by atoms with E-state index in [1.54, 1.807) is 0 Å². The van der Waals surface area contributed by atoms with E-state index in [-0.39, 0.29) is 5.91 Å². The molecule has 0 heterocycles. The Morgan fingerprint density at radius 1 is 1.32 bits per heavy atom. The first-order chi connectivity index (χ1) is 9.19. The molecule has 1 aliphatic rings. The minimum Gasteiger partial charge on any atom is -0.353 e. The number of halogens is 1. The van der Waals surface area contributed by atoms with E-state index in [9.17, 15) is 4.79 Å². The molecule has 0 saturated heterocycles. The van der Waals surface area contributed by atoms with Crippen molar-refractivity contribution in [3.63, 3.8) is 0 Å². The van der Waals surface area contributed by atoms with Crippen molar-refractivity contribution in [1.29, 1.82) is 0 Å². The molecule has 2 nitrogen and oxygen atoms in total. The zero-order valence-electron chi connectivity index (χ0n) is 11.5. The van der Waals surface area contributed by atoms with Gasteiger partial charge in [-0.05, 0) is 37.7 Å². The molecule has 3 heteroatoms. The van der Waals surface area contributed by atoms with Gasteiger partial charge < -0.3 is 5.32 Å². The van der Waals surface area contributed by atoms with E-state index in [0.29, 0.717) is 24.3 Å². The third-order valence-electron chi connectivity index (χ3n) is 3.96. The Hall–Kier alpha value is -1.02. The van der Waals surface area contributed by atoms with Gasteiger partial charge in [0.25, 0.3) is 0 Å². The van der Waals surface area contributed by atoms with Gasteiger partial charge >= 0.3 is 0 Å². The van der Waals surface area contributed by atoms with Crippen LogP contribution in [0, 0.1) is 12.8 Å². The predicted molar refractivity (Wildman–Crippen MR) is 79.5 cm³/mol. The highest BCUT2D eigenvalue weighted by molar-refractivity contribution is 6.18. The average molecular weight is 280 g/mol. The van der Waals surface area contributed by atoms with Crippen molar-refractivity contribution in [3.05, 3.63) is 35.4 Å². The van der Waals surface area contributed by atoms with Gasteiger partial charge in [0.1, 0.15) is 0 Å². The summed E-state index contributed by atoms with van der Waals surface area (Å²) in [5.41, 5.74) is 2.48. The smallest absolute Gasteiger partial charge is 0.220 e. The Morgan fingerprint density at radius 2 is 2.05 bits per heavy atom. The third kappa shape index (κ3) is 4.24. The topological polar surface area (TPSA) is 29.1 Å². The van der Waals surface area contributed by atoms with Crippen LogP contribution in [-0.2, 0) is 11.2 Å². The Balaban J connectivity index is 1.77.